The quantitative estimate of drug-likeness (QED) is 0.189. The number of tetrazole rings is 2. The van der Waals surface area contributed by atoms with Crippen molar-refractivity contribution in [3.05, 3.63) is 31.5 Å². The second kappa shape index (κ2) is 10.7. The van der Waals surface area contributed by atoms with Crippen molar-refractivity contribution in [1.82, 2.24) is 39.6 Å². The number of aryl methyl sites for hydroxylation is 2. The summed E-state index contributed by atoms with van der Waals surface area (Å²) in [6.07, 6.45) is -3.92. The molecule has 0 aliphatic rings. The minimum atomic E-state index is -1.96. The van der Waals surface area contributed by atoms with Crippen molar-refractivity contribution >= 4 is 12.2 Å². The summed E-state index contributed by atoms with van der Waals surface area (Å²) in [6, 6.07) is 0. The molecular weight excluding hydrogens is 414 g/mol. The van der Waals surface area contributed by atoms with E-state index in [0.717, 1.165) is 0 Å². The Bertz CT molecular complexity index is 947. The molecule has 0 fully saturated rings. The van der Waals surface area contributed by atoms with E-state index in [9.17, 15) is 40.0 Å². The van der Waals surface area contributed by atoms with Crippen molar-refractivity contribution in [1.29, 1.82) is 0 Å². The average molecular weight is 418 g/mol. The van der Waals surface area contributed by atoms with Gasteiger partial charge in [0.25, 0.3) is 0 Å². The fourth-order valence-electron chi connectivity index (χ4n) is 1.60. The third kappa shape index (κ3) is 6.00. The fraction of sp³-hybridized carbons (Fsp3) is 0.333. The molecule has 0 N–H and O–H groups in total. The molecule has 0 saturated heterocycles. The zero-order valence-electron chi connectivity index (χ0n) is 14.0. The molecule has 0 radical (unpaired) electrons. The Hall–Kier alpha value is -2.52. The molecule has 2 aromatic heterocycles. The van der Waals surface area contributed by atoms with Crippen LogP contribution >= 0.6 is 0 Å². The van der Waals surface area contributed by atoms with Crippen molar-refractivity contribution in [2.45, 2.75) is 13.1 Å². The van der Waals surface area contributed by atoms with Crippen LogP contribution in [0.4, 0.5) is 9.59 Å². The second-order valence-corrected chi connectivity index (χ2v) is 4.04. The van der Waals surface area contributed by atoms with E-state index in [1.807, 2.05) is 0 Å². The van der Waals surface area contributed by atoms with Gasteiger partial charge in [-0.1, -0.05) is 0 Å². The van der Waals surface area contributed by atoms with E-state index in [4.69, 9.17) is 0 Å². The third-order valence-corrected chi connectivity index (χ3v) is 2.53. The molecule has 28 heavy (non-hydrogen) atoms. The molecule has 0 amide bonds. The average Bonchev–Trinajstić information content (AvgIpc) is 3.08. The zero-order valence-corrected chi connectivity index (χ0v) is 18.0. The van der Waals surface area contributed by atoms with E-state index in [1.165, 1.54) is 0 Å². The van der Waals surface area contributed by atoms with Gasteiger partial charge >= 0.3 is 70.4 Å². The summed E-state index contributed by atoms with van der Waals surface area (Å²) in [5, 5.41) is 58.4. The standard InChI is InChI=1S/C6H6N12O8.2Na/c19-5(20)15-3(7-17(23)24)13(9-11-15)1-2-14-4(8-18(25)26)16(6(21)22)12-10-14;;/h1-2H2,(H,19,20)(H,21,22);;/q;2*+1/p-2/b7-3+,8-4+;;. The van der Waals surface area contributed by atoms with E-state index >= 15 is 0 Å². The molecule has 2 rings (SSSR count). The minimum Gasteiger partial charge on any atom is -0.528 e. The molecule has 0 atom stereocenters. The summed E-state index contributed by atoms with van der Waals surface area (Å²) in [7, 11) is 0. The van der Waals surface area contributed by atoms with E-state index in [1.54, 1.807) is 0 Å². The van der Waals surface area contributed by atoms with Crippen LogP contribution in [0, 0.1) is 20.2 Å². The van der Waals surface area contributed by atoms with Crippen molar-refractivity contribution in [2.75, 3.05) is 0 Å². The van der Waals surface area contributed by atoms with Crippen LogP contribution < -0.4 is 80.6 Å². The molecule has 0 aliphatic carbocycles. The molecule has 22 heteroatoms. The van der Waals surface area contributed by atoms with Gasteiger partial charge in [-0.3, -0.25) is 0 Å². The van der Waals surface area contributed by atoms with E-state index in [0.29, 0.717) is 9.36 Å². The monoisotopic (exact) mass is 418 g/mol. The number of rotatable bonds is 5. The molecule has 138 valence electrons. The largest absolute Gasteiger partial charge is 1.00 e. The first kappa shape index (κ1) is 25.5. The van der Waals surface area contributed by atoms with Gasteiger partial charge in [-0.25, -0.2) is 29.6 Å². The predicted molar refractivity (Wildman–Crippen MR) is 62.7 cm³/mol. The summed E-state index contributed by atoms with van der Waals surface area (Å²) < 4.78 is 1.24. The van der Waals surface area contributed by atoms with Crippen molar-refractivity contribution in [2.24, 2.45) is 10.2 Å². The van der Waals surface area contributed by atoms with E-state index in [-0.39, 0.29) is 68.5 Å². The Labute approximate surface area is 194 Å². The van der Waals surface area contributed by atoms with Gasteiger partial charge in [0.15, 0.2) is 22.3 Å². The van der Waals surface area contributed by atoms with Crippen LogP contribution in [0.1, 0.15) is 0 Å². The number of aromatic nitrogens is 8. The molecule has 0 saturated carbocycles. The molecular formula is C6H4N12Na2O8. The van der Waals surface area contributed by atoms with Gasteiger partial charge in [0, 0.05) is 0 Å². The smallest absolute Gasteiger partial charge is 0.528 e. The summed E-state index contributed by atoms with van der Waals surface area (Å²) in [6.45, 7) is -0.868. The summed E-state index contributed by atoms with van der Waals surface area (Å²) in [4.78, 5) is 42.6. The fourth-order valence-corrected chi connectivity index (χ4v) is 1.60. The van der Waals surface area contributed by atoms with Crippen LogP contribution in [-0.2, 0) is 13.1 Å². The molecule has 2 aromatic rings. The van der Waals surface area contributed by atoms with Gasteiger partial charge in [-0.05, 0) is 20.9 Å². The summed E-state index contributed by atoms with van der Waals surface area (Å²) >= 11 is 0. The SMILES string of the molecule is O=C([O-])n1nnn(CCn2nnn(C(=O)[O-])/c2=N/[N+](=O)[O-])/c1=N\[N+](=O)[O-].[Na+].[Na+]. The van der Waals surface area contributed by atoms with Gasteiger partial charge in [-0.15, -0.1) is 0 Å². The van der Waals surface area contributed by atoms with Gasteiger partial charge in [0.05, 0.1) is 13.1 Å². The van der Waals surface area contributed by atoms with Crippen molar-refractivity contribution < 1.29 is 89.0 Å². The summed E-state index contributed by atoms with van der Waals surface area (Å²) in [5.74, 6) is 0. The first-order valence-electron chi connectivity index (χ1n) is 6.07. The van der Waals surface area contributed by atoms with Gasteiger partial charge < -0.3 is 19.8 Å². The third-order valence-electron chi connectivity index (χ3n) is 2.53. The first-order chi connectivity index (χ1) is 12.2. The maximum absolute atomic E-state index is 10.8. The number of nitro groups is 2. The van der Waals surface area contributed by atoms with Gasteiger partial charge in [0.1, 0.15) is 10.2 Å². The number of hydrogen-bond donors (Lipinski definition) is 0. The minimum absolute atomic E-state index is 0. The van der Waals surface area contributed by atoms with Gasteiger partial charge in [0.2, 0.25) is 0 Å². The van der Waals surface area contributed by atoms with Crippen molar-refractivity contribution in [3.8, 4) is 0 Å². The Morgan fingerprint density at radius 1 is 0.786 bits per heavy atom. The van der Waals surface area contributed by atoms with E-state index < -0.39 is 46.6 Å². The Morgan fingerprint density at radius 3 is 1.36 bits per heavy atom. The molecule has 0 spiro atoms. The van der Waals surface area contributed by atoms with Crippen LogP contribution in [-0.4, -0.2) is 61.8 Å². The summed E-state index contributed by atoms with van der Waals surface area (Å²) in [5.41, 5.74) is -1.70. The van der Waals surface area contributed by atoms with Crippen LogP contribution in [0.3, 0.4) is 0 Å². The molecule has 0 unspecified atom stereocenters. The number of hydrogen-bond acceptors (Lipinski definition) is 12. The van der Waals surface area contributed by atoms with Gasteiger partial charge in [-0.2, -0.15) is 9.36 Å². The topological polar surface area (TPSA) is 263 Å². The van der Waals surface area contributed by atoms with Crippen LogP contribution in [0.2, 0.25) is 0 Å². The zero-order chi connectivity index (χ0) is 19.4. The Balaban J connectivity index is 0.00000364. The normalized spacial score (nSPS) is 11.4. The maximum Gasteiger partial charge on any atom is 1.00 e. The molecule has 0 aromatic carbocycles. The van der Waals surface area contributed by atoms with Crippen LogP contribution in [0.5, 0.6) is 0 Å². The van der Waals surface area contributed by atoms with Crippen LogP contribution in [0.25, 0.3) is 0 Å². The Kier molecular flexibility index (Phi) is 9.76. The number of carbonyl (C=O) groups is 2. The maximum atomic E-state index is 10.8. The molecule has 0 aliphatic heterocycles. The number of nitrogens with zero attached hydrogens (tertiary/aromatic N) is 12. The molecule has 20 nitrogen and oxygen atoms in total. The second-order valence-electron chi connectivity index (χ2n) is 4.04. The Morgan fingerprint density at radius 2 is 1.11 bits per heavy atom. The van der Waals surface area contributed by atoms with E-state index in [2.05, 4.69) is 31.1 Å². The van der Waals surface area contributed by atoms with Crippen LogP contribution in [0.15, 0.2) is 10.2 Å². The number of carboxylic acid groups (broad SMARTS) is 2. The number of carbonyl (C=O) groups excluding carboxylic acids is 2. The molecule has 2 heterocycles. The first-order valence-corrected chi connectivity index (χ1v) is 6.07. The van der Waals surface area contributed by atoms with Crippen molar-refractivity contribution in [3.63, 3.8) is 0 Å². The molecule has 0 bridgehead atoms. The predicted octanol–water partition coefficient (Wildman–Crippen LogP) is -12.3.